The molecule has 1 aliphatic rings. The number of hydrogen-bond acceptors (Lipinski definition) is 1. The van der Waals surface area contributed by atoms with Crippen molar-refractivity contribution in [3.63, 3.8) is 0 Å². The number of rotatable bonds is 0. The van der Waals surface area contributed by atoms with Crippen LogP contribution in [0, 0.1) is 6.42 Å². The van der Waals surface area contributed by atoms with Gasteiger partial charge in [0.2, 0.25) is 0 Å². The highest BCUT2D eigenvalue weighted by molar-refractivity contribution is 4.88. The summed E-state index contributed by atoms with van der Waals surface area (Å²) in [4.78, 5) is 0. The van der Waals surface area contributed by atoms with Gasteiger partial charge < -0.3 is 5.32 Å². The third kappa shape index (κ3) is 1.62. The molecule has 0 aromatic heterocycles. The van der Waals surface area contributed by atoms with Crippen molar-refractivity contribution in [2.24, 2.45) is 0 Å². The first-order valence-corrected chi connectivity index (χ1v) is 2.70. The van der Waals surface area contributed by atoms with Crippen LogP contribution in [0.2, 0.25) is 0 Å². The van der Waals surface area contributed by atoms with Crippen molar-refractivity contribution in [3.05, 3.63) is 18.7 Å². The Balaban J connectivity index is 2.20. The molecule has 0 amide bonds. The van der Waals surface area contributed by atoms with Crippen molar-refractivity contribution in [1.82, 2.24) is 5.32 Å². The molecule has 1 heterocycles. The van der Waals surface area contributed by atoms with E-state index in [0.29, 0.717) is 0 Å². The SMILES string of the molecule is [CH]1CCC=CNC1. The van der Waals surface area contributed by atoms with Crippen molar-refractivity contribution in [1.29, 1.82) is 0 Å². The Hall–Kier alpha value is -0.460. The first-order valence-electron chi connectivity index (χ1n) is 2.70. The van der Waals surface area contributed by atoms with E-state index in [1.165, 1.54) is 12.8 Å². The van der Waals surface area contributed by atoms with Crippen LogP contribution in [0.25, 0.3) is 0 Å². The van der Waals surface area contributed by atoms with Crippen LogP contribution in [0.1, 0.15) is 12.8 Å². The fraction of sp³-hybridized carbons (Fsp3) is 0.500. The summed E-state index contributed by atoms with van der Waals surface area (Å²) in [5, 5.41) is 3.11. The molecule has 0 saturated heterocycles. The van der Waals surface area contributed by atoms with Gasteiger partial charge in [-0.3, -0.25) is 0 Å². The van der Waals surface area contributed by atoms with E-state index in [2.05, 4.69) is 17.8 Å². The summed E-state index contributed by atoms with van der Waals surface area (Å²) in [7, 11) is 0. The fourth-order valence-corrected chi connectivity index (χ4v) is 0.634. The Morgan fingerprint density at radius 1 is 1.29 bits per heavy atom. The van der Waals surface area contributed by atoms with Crippen molar-refractivity contribution in [2.75, 3.05) is 6.54 Å². The summed E-state index contributed by atoms with van der Waals surface area (Å²) >= 11 is 0. The van der Waals surface area contributed by atoms with Gasteiger partial charge in [0.25, 0.3) is 0 Å². The van der Waals surface area contributed by atoms with Gasteiger partial charge in [-0.2, -0.15) is 0 Å². The van der Waals surface area contributed by atoms with E-state index in [-0.39, 0.29) is 0 Å². The molecular weight excluding hydrogens is 86.1 g/mol. The van der Waals surface area contributed by atoms with E-state index in [1.807, 2.05) is 6.20 Å². The molecule has 0 fully saturated rings. The molecule has 0 bridgehead atoms. The lowest BCUT2D eigenvalue weighted by molar-refractivity contribution is 0.887. The molecule has 1 rings (SSSR count). The summed E-state index contributed by atoms with van der Waals surface area (Å²) < 4.78 is 0. The quantitative estimate of drug-likeness (QED) is 0.476. The molecule has 1 heteroatoms. The Bertz CT molecular complexity index is 58.6. The average Bonchev–Trinajstić information content (AvgIpc) is 1.90. The first-order chi connectivity index (χ1) is 3.50. The Morgan fingerprint density at radius 2 is 2.29 bits per heavy atom. The molecular formula is C6H10N. The molecule has 39 valence electrons. The summed E-state index contributed by atoms with van der Waals surface area (Å²) in [6.45, 7) is 1.04. The minimum atomic E-state index is 1.04. The molecule has 1 aliphatic heterocycles. The molecule has 1 nitrogen and oxygen atoms in total. The second kappa shape index (κ2) is 2.67. The van der Waals surface area contributed by atoms with Gasteiger partial charge in [-0.25, -0.2) is 0 Å². The smallest absolute Gasteiger partial charge is 0.0173 e. The molecule has 0 atom stereocenters. The van der Waals surface area contributed by atoms with Crippen LogP contribution in [-0.2, 0) is 0 Å². The third-order valence-corrected chi connectivity index (χ3v) is 1.04. The fourth-order valence-electron chi connectivity index (χ4n) is 0.634. The topological polar surface area (TPSA) is 12.0 Å². The predicted molar refractivity (Wildman–Crippen MR) is 30.7 cm³/mol. The van der Waals surface area contributed by atoms with Crippen LogP contribution in [0.3, 0.4) is 0 Å². The summed E-state index contributed by atoms with van der Waals surface area (Å²) in [5.74, 6) is 0. The van der Waals surface area contributed by atoms with E-state index in [9.17, 15) is 0 Å². The third-order valence-electron chi connectivity index (χ3n) is 1.04. The van der Waals surface area contributed by atoms with Gasteiger partial charge >= 0.3 is 0 Å². The van der Waals surface area contributed by atoms with Gasteiger partial charge in [-0.15, -0.1) is 0 Å². The molecule has 7 heavy (non-hydrogen) atoms. The zero-order valence-electron chi connectivity index (χ0n) is 4.35. The maximum absolute atomic E-state index is 3.11. The van der Waals surface area contributed by atoms with Crippen LogP contribution in [0.4, 0.5) is 0 Å². The Kier molecular flexibility index (Phi) is 1.79. The second-order valence-electron chi connectivity index (χ2n) is 1.68. The standard InChI is InChI=1S/C6H10N/c1-2-4-6-7-5-3-1/h3-5,7H,1-2,6H2. The van der Waals surface area contributed by atoms with E-state index in [4.69, 9.17) is 0 Å². The van der Waals surface area contributed by atoms with Crippen LogP contribution in [0.5, 0.6) is 0 Å². The monoisotopic (exact) mass is 96.1 g/mol. The summed E-state index contributed by atoms with van der Waals surface area (Å²) in [6.07, 6.45) is 8.85. The van der Waals surface area contributed by atoms with Gasteiger partial charge in [0.05, 0.1) is 0 Å². The zero-order valence-corrected chi connectivity index (χ0v) is 4.35. The highest BCUT2D eigenvalue weighted by atomic mass is 14.8. The maximum atomic E-state index is 3.11. The average molecular weight is 96.2 g/mol. The van der Waals surface area contributed by atoms with Crippen molar-refractivity contribution in [3.8, 4) is 0 Å². The van der Waals surface area contributed by atoms with E-state index >= 15 is 0 Å². The Labute approximate surface area is 44.4 Å². The van der Waals surface area contributed by atoms with Crippen LogP contribution in [-0.4, -0.2) is 6.54 Å². The second-order valence-corrected chi connectivity index (χ2v) is 1.68. The van der Waals surface area contributed by atoms with Crippen molar-refractivity contribution in [2.45, 2.75) is 12.8 Å². The largest absolute Gasteiger partial charge is 0.391 e. The van der Waals surface area contributed by atoms with E-state index in [1.54, 1.807) is 0 Å². The van der Waals surface area contributed by atoms with Gasteiger partial charge in [0.1, 0.15) is 0 Å². The normalized spacial score (nSPS) is 20.6. The minimum Gasteiger partial charge on any atom is -0.391 e. The van der Waals surface area contributed by atoms with Gasteiger partial charge in [-0.05, 0) is 25.5 Å². The van der Waals surface area contributed by atoms with Gasteiger partial charge in [0.15, 0.2) is 0 Å². The summed E-state index contributed by atoms with van der Waals surface area (Å²) in [5.41, 5.74) is 0. The number of hydrogen-bond donors (Lipinski definition) is 1. The van der Waals surface area contributed by atoms with E-state index in [0.717, 1.165) is 6.54 Å². The molecule has 0 aromatic carbocycles. The summed E-state index contributed by atoms with van der Waals surface area (Å²) in [6, 6.07) is 0. The van der Waals surface area contributed by atoms with E-state index < -0.39 is 0 Å². The highest BCUT2D eigenvalue weighted by Crippen LogP contribution is 1.96. The predicted octanol–water partition coefficient (Wildman–Crippen LogP) is 1.09. The zero-order chi connectivity index (χ0) is 4.95. The lowest BCUT2D eigenvalue weighted by atomic mass is 10.2. The molecule has 0 unspecified atom stereocenters. The number of allylic oxidation sites excluding steroid dienone is 1. The Morgan fingerprint density at radius 3 is 3.29 bits per heavy atom. The molecule has 1 N–H and O–H groups in total. The minimum absolute atomic E-state index is 1.04. The lowest BCUT2D eigenvalue weighted by Crippen LogP contribution is -2.04. The molecule has 1 radical (unpaired) electrons. The van der Waals surface area contributed by atoms with Crippen molar-refractivity contribution < 1.29 is 0 Å². The molecule has 0 saturated carbocycles. The molecule has 0 aromatic rings. The number of nitrogens with one attached hydrogen (secondary N) is 1. The molecule has 0 spiro atoms. The first kappa shape index (κ1) is 4.69. The highest BCUT2D eigenvalue weighted by Gasteiger charge is 1.87. The van der Waals surface area contributed by atoms with Crippen LogP contribution in [0.15, 0.2) is 12.3 Å². The molecule has 0 aliphatic carbocycles. The van der Waals surface area contributed by atoms with Crippen LogP contribution < -0.4 is 5.32 Å². The van der Waals surface area contributed by atoms with Crippen LogP contribution >= 0.6 is 0 Å². The lowest BCUT2D eigenvalue weighted by Gasteiger charge is -1.90. The van der Waals surface area contributed by atoms with Gasteiger partial charge in [0, 0.05) is 6.54 Å². The van der Waals surface area contributed by atoms with Gasteiger partial charge in [-0.1, -0.05) is 6.08 Å². The van der Waals surface area contributed by atoms with Crippen molar-refractivity contribution >= 4 is 0 Å². The maximum Gasteiger partial charge on any atom is 0.0173 e.